The van der Waals surface area contributed by atoms with Gasteiger partial charge in [0.05, 0.1) is 19.3 Å². The second-order valence-electron chi connectivity index (χ2n) is 4.82. The molecule has 0 spiro atoms. The van der Waals surface area contributed by atoms with Crippen molar-refractivity contribution in [1.82, 2.24) is 19.8 Å². The van der Waals surface area contributed by atoms with Crippen LogP contribution in [0.3, 0.4) is 0 Å². The van der Waals surface area contributed by atoms with Gasteiger partial charge in [0.25, 0.3) is 0 Å². The number of hydrogen-bond donors (Lipinski definition) is 1. The fourth-order valence-corrected chi connectivity index (χ4v) is 2.25. The molecule has 19 heavy (non-hydrogen) atoms. The number of nitrogens with zero attached hydrogens (tertiary/aromatic N) is 3. The topological polar surface area (TPSA) is 59.4 Å². The first-order valence-electron chi connectivity index (χ1n) is 6.74. The van der Waals surface area contributed by atoms with Gasteiger partial charge in [-0.05, 0) is 6.92 Å². The summed E-state index contributed by atoms with van der Waals surface area (Å²) in [6.45, 7) is 5.47. The van der Waals surface area contributed by atoms with Gasteiger partial charge in [0.15, 0.2) is 0 Å². The van der Waals surface area contributed by atoms with Crippen molar-refractivity contribution in [3.05, 3.63) is 18.2 Å². The highest BCUT2D eigenvalue weighted by Crippen LogP contribution is 2.08. The molecule has 2 rings (SSSR count). The lowest BCUT2D eigenvalue weighted by molar-refractivity contribution is -0.135. The van der Waals surface area contributed by atoms with Crippen LogP contribution in [-0.2, 0) is 16.6 Å². The quantitative estimate of drug-likeness (QED) is 0.834. The number of ether oxygens (including phenoxy) is 1. The van der Waals surface area contributed by atoms with E-state index in [-0.39, 0.29) is 11.9 Å². The Morgan fingerprint density at radius 2 is 2.26 bits per heavy atom. The largest absolute Gasteiger partial charge is 0.378 e. The molecule has 2 heterocycles. The molecule has 1 N–H and O–H groups in total. The third-order valence-electron chi connectivity index (χ3n) is 3.40. The molecule has 106 valence electrons. The summed E-state index contributed by atoms with van der Waals surface area (Å²) < 4.78 is 7.22. The van der Waals surface area contributed by atoms with E-state index in [9.17, 15) is 4.79 Å². The van der Waals surface area contributed by atoms with Crippen LogP contribution in [-0.4, -0.2) is 53.2 Å². The van der Waals surface area contributed by atoms with Crippen molar-refractivity contribution in [2.75, 3.05) is 32.8 Å². The number of carbonyl (C=O) groups excluding carboxylic acids is 1. The van der Waals surface area contributed by atoms with Gasteiger partial charge in [0.2, 0.25) is 5.91 Å². The van der Waals surface area contributed by atoms with Crippen molar-refractivity contribution < 1.29 is 9.53 Å². The van der Waals surface area contributed by atoms with Crippen LogP contribution < -0.4 is 5.32 Å². The smallest absolute Gasteiger partial charge is 0.224 e. The molecule has 0 aromatic carbocycles. The molecule has 0 bridgehead atoms. The Labute approximate surface area is 113 Å². The Hall–Kier alpha value is -1.40. The highest BCUT2D eigenvalue weighted by Gasteiger charge is 2.17. The Morgan fingerprint density at radius 3 is 2.89 bits per heavy atom. The maximum Gasteiger partial charge on any atom is 0.224 e. The van der Waals surface area contributed by atoms with Crippen molar-refractivity contribution in [1.29, 1.82) is 0 Å². The molecule has 1 atom stereocenters. The van der Waals surface area contributed by atoms with E-state index in [4.69, 9.17) is 4.74 Å². The first-order chi connectivity index (χ1) is 9.18. The lowest BCUT2D eigenvalue weighted by atomic mass is 10.2. The first kappa shape index (κ1) is 14.0. The molecular formula is C13H22N4O2. The molecule has 1 fully saturated rings. The van der Waals surface area contributed by atoms with Crippen LogP contribution in [0.15, 0.2) is 12.4 Å². The van der Waals surface area contributed by atoms with Gasteiger partial charge in [0.1, 0.15) is 5.82 Å². The molecule has 0 radical (unpaired) electrons. The monoisotopic (exact) mass is 266 g/mol. The van der Waals surface area contributed by atoms with E-state index in [1.165, 1.54) is 0 Å². The van der Waals surface area contributed by atoms with Crippen LogP contribution in [0.25, 0.3) is 0 Å². The number of hydrogen-bond acceptors (Lipinski definition) is 4. The normalized spacial score (nSPS) is 17.5. The molecule has 1 aliphatic heterocycles. The summed E-state index contributed by atoms with van der Waals surface area (Å²) in [6, 6.07) is 0.150. The van der Waals surface area contributed by atoms with Gasteiger partial charge >= 0.3 is 0 Å². The lowest BCUT2D eigenvalue weighted by Gasteiger charge is -2.27. The van der Waals surface area contributed by atoms with Crippen LogP contribution in [0.5, 0.6) is 0 Å². The molecule has 0 saturated carbocycles. The van der Waals surface area contributed by atoms with E-state index in [0.717, 1.165) is 5.82 Å². The van der Waals surface area contributed by atoms with Gasteiger partial charge in [-0.25, -0.2) is 4.98 Å². The summed E-state index contributed by atoms with van der Waals surface area (Å²) in [6.07, 6.45) is 4.23. The third-order valence-corrected chi connectivity index (χ3v) is 3.40. The third kappa shape index (κ3) is 3.78. The highest BCUT2D eigenvalue weighted by atomic mass is 16.5. The number of amides is 1. The fraction of sp³-hybridized carbons (Fsp3) is 0.692. The molecule has 6 heteroatoms. The minimum Gasteiger partial charge on any atom is -0.378 e. The van der Waals surface area contributed by atoms with Crippen LogP contribution in [0.2, 0.25) is 0 Å². The van der Waals surface area contributed by atoms with Gasteiger partial charge in [-0.15, -0.1) is 0 Å². The Bertz CT molecular complexity index is 413. The van der Waals surface area contributed by atoms with Gasteiger partial charge in [-0.1, -0.05) is 0 Å². The van der Waals surface area contributed by atoms with Gasteiger partial charge in [-0.2, -0.15) is 0 Å². The van der Waals surface area contributed by atoms with Crippen molar-refractivity contribution in [2.45, 2.75) is 19.4 Å². The SMILES string of the molecule is CC(NCCC(=O)N1CCOCC1)c1nccn1C. The summed E-state index contributed by atoms with van der Waals surface area (Å²) in [7, 11) is 1.97. The van der Waals surface area contributed by atoms with Crippen molar-refractivity contribution in [2.24, 2.45) is 7.05 Å². The molecule has 1 aromatic heterocycles. The Morgan fingerprint density at radius 1 is 1.53 bits per heavy atom. The average Bonchev–Trinajstić information content (AvgIpc) is 2.86. The number of imidazole rings is 1. The number of carbonyl (C=O) groups is 1. The molecule has 6 nitrogen and oxygen atoms in total. The second-order valence-corrected chi connectivity index (χ2v) is 4.82. The number of rotatable bonds is 5. The predicted octanol–water partition coefficient (Wildman–Crippen LogP) is 0.320. The van der Waals surface area contributed by atoms with Crippen LogP contribution >= 0.6 is 0 Å². The van der Waals surface area contributed by atoms with E-state index in [1.54, 1.807) is 6.20 Å². The summed E-state index contributed by atoms with van der Waals surface area (Å²) in [5.41, 5.74) is 0. The first-order valence-corrected chi connectivity index (χ1v) is 6.74. The molecule has 1 unspecified atom stereocenters. The summed E-state index contributed by atoms with van der Waals surface area (Å²) in [4.78, 5) is 18.1. The molecule has 1 amide bonds. The molecule has 1 aliphatic rings. The van der Waals surface area contributed by atoms with E-state index in [0.29, 0.717) is 39.3 Å². The Balaban J connectivity index is 1.71. The van der Waals surface area contributed by atoms with E-state index in [1.807, 2.05) is 22.7 Å². The Kier molecular flexibility index (Phi) is 4.93. The summed E-state index contributed by atoms with van der Waals surface area (Å²) in [5, 5.41) is 3.33. The second kappa shape index (κ2) is 6.68. The maximum absolute atomic E-state index is 11.9. The zero-order valence-corrected chi connectivity index (χ0v) is 11.6. The zero-order chi connectivity index (χ0) is 13.7. The number of morpholine rings is 1. The van der Waals surface area contributed by atoms with Gasteiger partial charge in [-0.3, -0.25) is 4.79 Å². The van der Waals surface area contributed by atoms with E-state index in [2.05, 4.69) is 17.2 Å². The minimum atomic E-state index is 0.150. The molecule has 1 saturated heterocycles. The van der Waals surface area contributed by atoms with Crippen molar-refractivity contribution in [3.8, 4) is 0 Å². The van der Waals surface area contributed by atoms with Crippen LogP contribution in [0.1, 0.15) is 25.2 Å². The molecule has 1 aromatic rings. The number of aromatic nitrogens is 2. The van der Waals surface area contributed by atoms with Crippen LogP contribution in [0, 0.1) is 0 Å². The summed E-state index contributed by atoms with van der Waals surface area (Å²) >= 11 is 0. The fourth-order valence-electron chi connectivity index (χ4n) is 2.25. The zero-order valence-electron chi connectivity index (χ0n) is 11.6. The van der Waals surface area contributed by atoms with E-state index < -0.39 is 0 Å². The highest BCUT2D eigenvalue weighted by molar-refractivity contribution is 5.76. The molecule has 0 aliphatic carbocycles. The standard InChI is InChI=1S/C13H22N4O2/c1-11(13-15-5-6-16(13)2)14-4-3-12(18)17-7-9-19-10-8-17/h5-6,11,14H,3-4,7-10H2,1-2H3. The van der Waals surface area contributed by atoms with Gasteiger partial charge < -0.3 is 19.5 Å². The average molecular weight is 266 g/mol. The number of aryl methyl sites for hydroxylation is 1. The van der Waals surface area contributed by atoms with Gasteiger partial charge in [0, 0.05) is 45.5 Å². The van der Waals surface area contributed by atoms with Crippen molar-refractivity contribution in [3.63, 3.8) is 0 Å². The summed E-state index contributed by atoms with van der Waals surface area (Å²) in [5.74, 6) is 1.18. The van der Waals surface area contributed by atoms with Crippen molar-refractivity contribution >= 4 is 5.91 Å². The molecular weight excluding hydrogens is 244 g/mol. The van der Waals surface area contributed by atoms with Crippen LogP contribution in [0.4, 0.5) is 0 Å². The predicted molar refractivity (Wildman–Crippen MR) is 71.6 cm³/mol. The lowest BCUT2D eigenvalue weighted by Crippen LogP contribution is -2.41. The van der Waals surface area contributed by atoms with E-state index >= 15 is 0 Å². The minimum absolute atomic E-state index is 0.150. The number of nitrogens with one attached hydrogen (secondary N) is 1. The maximum atomic E-state index is 11.9.